The Bertz CT molecular complexity index is 1020. The molecule has 0 aromatic heterocycles. The van der Waals surface area contributed by atoms with Gasteiger partial charge in [0.25, 0.3) is 0 Å². The zero-order chi connectivity index (χ0) is 27.8. The lowest BCUT2D eigenvalue weighted by Gasteiger charge is -2.11. The van der Waals surface area contributed by atoms with Crippen LogP contribution in [0.15, 0.2) is 58.3 Å². The zero-order valence-corrected chi connectivity index (χ0v) is 23.9. The summed E-state index contributed by atoms with van der Waals surface area (Å²) >= 11 is 0. The smallest absolute Gasteiger partial charge is 0.125 e. The van der Waals surface area contributed by atoms with E-state index in [-0.39, 0.29) is 11.1 Å². The molecule has 0 aliphatic rings. The lowest BCUT2D eigenvalue weighted by atomic mass is 10.1. The van der Waals surface area contributed by atoms with Crippen molar-refractivity contribution in [1.82, 2.24) is 0 Å². The Labute approximate surface area is 218 Å². The molecule has 0 spiro atoms. The molecule has 0 unspecified atom stereocenters. The van der Waals surface area contributed by atoms with E-state index in [1.165, 1.54) is 87.8 Å². The first kappa shape index (κ1) is 33.9. The average Bonchev–Trinajstić information content (AvgIpc) is 2.85. The minimum absolute atomic E-state index is 0.107. The lowest BCUT2D eigenvalue weighted by molar-refractivity contribution is -0.894. The number of benzene rings is 2. The van der Waals surface area contributed by atoms with Crippen LogP contribution in [0.25, 0.3) is 12.2 Å². The maximum atomic E-state index is 11.2. The van der Waals surface area contributed by atoms with E-state index in [0.717, 1.165) is 12.1 Å². The van der Waals surface area contributed by atoms with Crippen molar-refractivity contribution in [2.24, 2.45) is 0 Å². The molecule has 0 amide bonds. The van der Waals surface area contributed by atoms with Crippen LogP contribution in [0.2, 0.25) is 0 Å². The van der Waals surface area contributed by atoms with Crippen molar-refractivity contribution >= 4 is 32.4 Å². The van der Waals surface area contributed by atoms with Crippen molar-refractivity contribution in [3.05, 3.63) is 59.7 Å². The molecule has 8 nitrogen and oxygen atoms in total. The molecule has 0 radical (unpaired) electrons. The molecule has 0 saturated carbocycles. The summed E-state index contributed by atoms with van der Waals surface area (Å²) in [5.74, 6) is 0. The Kier molecular flexibility index (Phi) is 16.4. The first-order chi connectivity index (χ1) is 16.9. The summed E-state index contributed by atoms with van der Waals surface area (Å²) in [6, 6.07) is 11.0. The fraction of sp³-hybridized carbons (Fsp3) is 0.462. The van der Waals surface area contributed by atoms with Crippen LogP contribution in [0.4, 0.5) is 0 Å². The molecule has 36 heavy (non-hydrogen) atoms. The van der Waals surface area contributed by atoms with Gasteiger partial charge in [0, 0.05) is 0 Å². The highest BCUT2D eigenvalue weighted by molar-refractivity contribution is 7.86. The van der Waals surface area contributed by atoms with Crippen molar-refractivity contribution in [2.45, 2.75) is 51.3 Å². The monoisotopic (exact) mass is 542 g/mol. The SMILES string of the molecule is CC[NH+](CC)CC.CC[NH+](CC)CC.O=S(=O)([O-])c1ccccc1C=Cc1ccccc1S(=O)(=O)[O-]. The summed E-state index contributed by atoms with van der Waals surface area (Å²) in [6.45, 7) is 21.0. The highest BCUT2D eigenvalue weighted by atomic mass is 32.2. The molecule has 0 fully saturated rings. The van der Waals surface area contributed by atoms with Crippen LogP contribution < -0.4 is 9.80 Å². The molecule has 0 saturated heterocycles. The molecule has 0 aliphatic heterocycles. The first-order valence-electron chi connectivity index (χ1n) is 12.3. The quantitative estimate of drug-likeness (QED) is 0.347. The van der Waals surface area contributed by atoms with E-state index in [0.29, 0.717) is 0 Å². The van der Waals surface area contributed by atoms with Gasteiger partial charge in [0.05, 0.1) is 49.1 Å². The van der Waals surface area contributed by atoms with Crippen molar-refractivity contribution in [2.75, 3.05) is 39.3 Å². The summed E-state index contributed by atoms with van der Waals surface area (Å²) < 4.78 is 66.9. The summed E-state index contributed by atoms with van der Waals surface area (Å²) in [7, 11) is -9.32. The maximum absolute atomic E-state index is 11.2. The number of rotatable bonds is 10. The van der Waals surface area contributed by atoms with Crippen LogP contribution in [0, 0.1) is 0 Å². The Morgan fingerprint density at radius 1 is 0.556 bits per heavy atom. The number of nitrogens with one attached hydrogen (secondary N) is 2. The number of hydrogen-bond acceptors (Lipinski definition) is 6. The second kappa shape index (κ2) is 17.4. The van der Waals surface area contributed by atoms with Gasteiger partial charge in [-0.25, -0.2) is 16.8 Å². The molecule has 0 aliphatic carbocycles. The minimum atomic E-state index is -4.66. The highest BCUT2D eigenvalue weighted by Gasteiger charge is 2.08. The van der Waals surface area contributed by atoms with Crippen LogP contribution in [-0.4, -0.2) is 65.2 Å². The molecule has 10 heteroatoms. The van der Waals surface area contributed by atoms with Gasteiger partial charge < -0.3 is 18.9 Å². The molecule has 204 valence electrons. The van der Waals surface area contributed by atoms with Gasteiger partial charge >= 0.3 is 0 Å². The van der Waals surface area contributed by atoms with Crippen LogP contribution in [0.5, 0.6) is 0 Å². The molecule has 2 aromatic carbocycles. The number of quaternary nitrogens is 2. The summed E-state index contributed by atoms with van der Waals surface area (Å²) in [5, 5.41) is 0. The first-order valence-corrected chi connectivity index (χ1v) is 15.2. The minimum Gasteiger partial charge on any atom is -0.744 e. The van der Waals surface area contributed by atoms with E-state index in [4.69, 9.17) is 0 Å². The largest absolute Gasteiger partial charge is 0.744 e. The van der Waals surface area contributed by atoms with Crippen molar-refractivity contribution in [3.63, 3.8) is 0 Å². The van der Waals surface area contributed by atoms with Gasteiger partial charge in [-0.2, -0.15) is 0 Å². The van der Waals surface area contributed by atoms with E-state index in [1.807, 2.05) is 0 Å². The molecule has 2 N–H and O–H groups in total. The van der Waals surface area contributed by atoms with Gasteiger partial charge in [0.1, 0.15) is 20.2 Å². The Hall–Kier alpha value is -2.08. The third kappa shape index (κ3) is 12.8. The van der Waals surface area contributed by atoms with E-state index in [2.05, 4.69) is 41.5 Å². The maximum Gasteiger partial charge on any atom is 0.125 e. The van der Waals surface area contributed by atoms with Crippen molar-refractivity contribution < 1.29 is 35.7 Å². The van der Waals surface area contributed by atoms with Gasteiger partial charge in [0.15, 0.2) is 0 Å². The average molecular weight is 543 g/mol. The molecule has 2 aromatic rings. The second-order valence-electron chi connectivity index (χ2n) is 7.94. The Balaban J connectivity index is 0.000000720. The van der Waals surface area contributed by atoms with E-state index >= 15 is 0 Å². The highest BCUT2D eigenvalue weighted by Crippen LogP contribution is 2.21. The predicted octanol–water partition coefficient (Wildman–Crippen LogP) is 1.53. The van der Waals surface area contributed by atoms with E-state index < -0.39 is 30.0 Å². The molecule has 0 atom stereocenters. The molecule has 0 bridgehead atoms. The van der Waals surface area contributed by atoms with E-state index in [1.54, 1.807) is 9.80 Å². The third-order valence-electron chi connectivity index (χ3n) is 5.82. The summed E-state index contributed by atoms with van der Waals surface area (Å²) in [4.78, 5) is 2.52. The third-order valence-corrected chi connectivity index (χ3v) is 7.64. The van der Waals surface area contributed by atoms with Crippen molar-refractivity contribution in [3.8, 4) is 0 Å². The lowest BCUT2D eigenvalue weighted by Crippen LogP contribution is -3.11. The van der Waals surface area contributed by atoms with Crippen LogP contribution in [-0.2, 0) is 20.2 Å². The Morgan fingerprint density at radius 3 is 1.00 bits per heavy atom. The number of hydrogen-bond donors (Lipinski definition) is 2. The van der Waals surface area contributed by atoms with Crippen LogP contribution in [0.3, 0.4) is 0 Å². The van der Waals surface area contributed by atoms with Gasteiger partial charge in [-0.15, -0.1) is 0 Å². The molecule has 0 heterocycles. The zero-order valence-electron chi connectivity index (χ0n) is 22.3. The fourth-order valence-electron chi connectivity index (χ4n) is 3.37. The second-order valence-corrected chi connectivity index (χ2v) is 10.6. The molecular formula is C26H42N2O6S2. The van der Waals surface area contributed by atoms with Gasteiger partial charge in [-0.05, 0) is 64.8 Å². The summed E-state index contributed by atoms with van der Waals surface area (Å²) in [5.41, 5.74) is 0.214. The van der Waals surface area contributed by atoms with Gasteiger partial charge in [-0.1, -0.05) is 48.6 Å². The fourth-order valence-corrected chi connectivity index (χ4v) is 4.71. The molecular weight excluding hydrogens is 500 g/mol. The standard InChI is InChI=1S/C14H12O6S2.2C6H15N/c15-21(16,17)13-7-3-1-5-11(13)9-10-12-6-2-4-8-14(12)22(18,19)20;2*1-4-7(5-2)6-3/h1-10H,(H,15,16,17)(H,18,19,20);2*4-6H2,1-3H3. The van der Waals surface area contributed by atoms with Crippen LogP contribution >= 0.6 is 0 Å². The topological polar surface area (TPSA) is 123 Å². The Morgan fingerprint density at radius 2 is 0.806 bits per heavy atom. The van der Waals surface area contributed by atoms with Gasteiger partial charge in [-0.3, -0.25) is 0 Å². The van der Waals surface area contributed by atoms with Crippen molar-refractivity contribution in [1.29, 1.82) is 0 Å². The predicted molar refractivity (Wildman–Crippen MR) is 143 cm³/mol. The molecule has 2 rings (SSSR count). The normalized spacial score (nSPS) is 11.7. The summed E-state index contributed by atoms with van der Waals surface area (Å²) in [6.07, 6.45) is 2.55. The van der Waals surface area contributed by atoms with Crippen LogP contribution in [0.1, 0.15) is 52.7 Å². The van der Waals surface area contributed by atoms with Gasteiger partial charge in [0.2, 0.25) is 0 Å². The van der Waals surface area contributed by atoms with E-state index in [9.17, 15) is 25.9 Å².